The van der Waals surface area contributed by atoms with Crippen LogP contribution in [0.1, 0.15) is 80.3 Å². The number of benzene rings is 1. The SMILES string of the molecule is COC(=O)C[C@@H](NS(=O)C(C)(C)C)c1ccc(O[Si](C(C)C)(C(C)C)C(C)C)cc1. The number of carbonyl (C=O) groups is 1. The van der Waals surface area contributed by atoms with Gasteiger partial charge in [0.2, 0.25) is 0 Å². The summed E-state index contributed by atoms with van der Waals surface area (Å²) in [5.74, 6) is 0.514. The highest BCUT2D eigenvalue weighted by Crippen LogP contribution is 2.42. The summed E-state index contributed by atoms with van der Waals surface area (Å²) in [6.07, 6.45) is 0.112. The van der Waals surface area contributed by atoms with Crippen molar-refractivity contribution in [3.63, 3.8) is 0 Å². The van der Waals surface area contributed by atoms with Crippen LogP contribution in [0.5, 0.6) is 5.75 Å². The van der Waals surface area contributed by atoms with Gasteiger partial charge in [0.25, 0.3) is 8.32 Å². The first-order valence-corrected chi connectivity index (χ1v) is 14.1. The van der Waals surface area contributed by atoms with Crippen molar-refractivity contribution < 1.29 is 18.2 Å². The van der Waals surface area contributed by atoms with Crippen molar-refractivity contribution in [2.45, 2.75) is 96.1 Å². The molecular formula is C23H41NO4SSi. The van der Waals surface area contributed by atoms with Gasteiger partial charge >= 0.3 is 5.97 Å². The molecule has 1 rings (SSSR count). The van der Waals surface area contributed by atoms with Crippen LogP contribution in [0.4, 0.5) is 0 Å². The second-order valence-electron chi connectivity index (χ2n) is 9.82. The molecule has 0 saturated carbocycles. The molecule has 0 aromatic heterocycles. The fourth-order valence-electron chi connectivity index (χ4n) is 4.11. The third-order valence-corrected chi connectivity index (χ3v) is 13.3. The predicted molar refractivity (Wildman–Crippen MR) is 129 cm³/mol. The molecule has 0 aliphatic heterocycles. The lowest BCUT2D eigenvalue weighted by atomic mass is 10.0. The summed E-state index contributed by atoms with van der Waals surface area (Å²) < 4.78 is 26.9. The zero-order chi connectivity index (χ0) is 23.3. The lowest BCUT2D eigenvalue weighted by Gasteiger charge is -2.42. The summed E-state index contributed by atoms with van der Waals surface area (Å²) in [5.41, 5.74) is 2.34. The van der Waals surface area contributed by atoms with E-state index in [9.17, 15) is 9.00 Å². The van der Waals surface area contributed by atoms with E-state index in [0.29, 0.717) is 16.6 Å². The van der Waals surface area contributed by atoms with Gasteiger partial charge in [0.1, 0.15) is 5.75 Å². The van der Waals surface area contributed by atoms with Gasteiger partial charge in [-0.1, -0.05) is 53.7 Å². The molecule has 5 nitrogen and oxygen atoms in total. The van der Waals surface area contributed by atoms with Gasteiger partial charge in [-0.05, 0) is 55.1 Å². The van der Waals surface area contributed by atoms with Crippen LogP contribution >= 0.6 is 0 Å². The van der Waals surface area contributed by atoms with Crippen LogP contribution in [0.25, 0.3) is 0 Å². The summed E-state index contributed by atoms with van der Waals surface area (Å²) >= 11 is 0. The number of nitrogens with one attached hydrogen (secondary N) is 1. The van der Waals surface area contributed by atoms with Crippen molar-refractivity contribution in [2.24, 2.45) is 0 Å². The van der Waals surface area contributed by atoms with Crippen molar-refractivity contribution in [1.82, 2.24) is 4.72 Å². The van der Waals surface area contributed by atoms with Crippen molar-refractivity contribution in [2.75, 3.05) is 7.11 Å². The Hall–Kier alpha value is -1.18. The first-order chi connectivity index (χ1) is 13.7. The van der Waals surface area contributed by atoms with Crippen LogP contribution in [0.3, 0.4) is 0 Å². The van der Waals surface area contributed by atoms with Gasteiger partial charge in [-0.2, -0.15) is 0 Å². The van der Waals surface area contributed by atoms with Crippen LogP contribution in [0.2, 0.25) is 16.6 Å². The fourth-order valence-corrected chi connectivity index (χ4v) is 10.2. The topological polar surface area (TPSA) is 64.6 Å². The largest absolute Gasteiger partial charge is 0.543 e. The first-order valence-electron chi connectivity index (χ1n) is 10.8. The molecule has 2 atom stereocenters. The Morgan fingerprint density at radius 1 is 1.00 bits per heavy atom. The van der Waals surface area contributed by atoms with Gasteiger partial charge in [-0.25, -0.2) is 8.93 Å². The molecule has 1 aromatic rings. The van der Waals surface area contributed by atoms with Crippen LogP contribution in [0.15, 0.2) is 24.3 Å². The molecule has 0 aliphatic rings. The Morgan fingerprint density at radius 3 is 1.83 bits per heavy atom. The fraction of sp³-hybridized carbons (Fsp3) is 0.696. The minimum Gasteiger partial charge on any atom is -0.543 e. The van der Waals surface area contributed by atoms with E-state index >= 15 is 0 Å². The molecule has 0 amide bonds. The third-order valence-electron chi connectivity index (χ3n) is 5.69. The zero-order valence-corrected chi connectivity index (χ0v) is 22.2. The molecule has 1 unspecified atom stereocenters. The maximum atomic E-state index is 12.6. The Labute approximate surface area is 187 Å². The van der Waals surface area contributed by atoms with Crippen LogP contribution in [-0.4, -0.2) is 30.4 Å². The van der Waals surface area contributed by atoms with E-state index in [1.165, 1.54) is 7.11 Å². The van der Waals surface area contributed by atoms with Crippen LogP contribution in [-0.2, 0) is 20.5 Å². The third kappa shape index (κ3) is 6.66. The number of rotatable bonds is 10. The quantitative estimate of drug-likeness (QED) is 0.352. The Balaban J connectivity index is 3.18. The molecule has 0 spiro atoms. The second-order valence-corrected chi connectivity index (χ2v) is 17.2. The predicted octanol–water partition coefficient (Wildman–Crippen LogP) is 5.90. The Kier molecular flexibility index (Phi) is 9.77. The zero-order valence-electron chi connectivity index (χ0n) is 20.4. The van der Waals surface area contributed by atoms with E-state index in [1.807, 2.05) is 45.0 Å². The van der Waals surface area contributed by atoms with Gasteiger partial charge in [0.15, 0.2) is 0 Å². The highest BCUT2D eigenvalue weighted by Gasteiger charge is 2.47. The summed E-state index contributed by atoms with van der Waals surface area (Å²) in [5, 5.41) is 0. The molecule has 0 heterocycles. The molecule has 30 heavy (non-hydrogen) atoms. The van der Waals surface area contributed by atoms with Crippen LogP contribution in [0, 0.1) is 0 Å². The number of methoxy groups -OCH3 is 1. The van der Waals surface area contributed by atoms with Crippen molar-refractivity contribution >= 4 is 25.3 Å². The Morgan fingerprint density at radius 2 is 1.47 bits per heavy atom. The minimum atomic E-state index is -2.03. The molecular weight excluding hydrogens is 414 g/mol. The number of esters is 1. The molecule has 0 aliphatic carbocycles. The molecule has 0 bridgehead atoms. The molecule has 0 fully saturated rings. The van der Waals surface area contributed by atoms with Gasteiger partial charge in [-0.3, -0.25) is 4.79 Å². The molecule has 7 heteroatoms. The summed E-state index contributed by atoms with van der Waals surface area (Å²) in [4.78, 5) is 11.9. The average Bonchev–Trinajstić information content (AvgIpc) is 2.64. The van der Waals surface area contributed by atoms with Gasteiger partial charge in [-0.15, -0.1) is 0 Å². The molecule has 1 N–H and O–H groups in total. The van der Waals surface area contributed by atoms with E-state index in [2.05, 4.69) is 46.3 Å². The maximum Gasteiger partial charge on any atom is 0.307 e. The van der Waals surface area contributed by atoms with Crippen LogP contribution < -0.4 is 9.15 Å². The Bertz CT molecular complexity index is 689. The van der Waals surface area contributed by atoms with Crippen molar-refractivity contribution in [3.8, 4) is 5.75 Å². The number of hydrogen-bond acceptors (Lipinski definition) is 4. The minimum absolute atomic E-state index is 0.112. The molecule has 172 valence electrons. The average molecular weight is 456 g/mol. The highest BCUT2D eigenvalue weighted by atomic mass is 32.2. The van der Waals surface area contributed by atoms with Crippen molar-refractivity contribution in [3.05, 3.63) is 29.8 Å². The summed E-state index contributed by atoms with van der Waals surface area (Å²) in [6.45, 7) is 19.3. The maximum absolute atomic E-state index is 12.6. The van der Waals surface area contributed by atoms with E-state index < -0.39 is 30.1 Å². The van der Waals surface area contributed by atoms with E-state index in [-0.39, 0.29) is 12.4 Å². The molecule has 1 aromatic carbocycles. The standard InChI is InChI=1S/C23H41NO4SSi/c1-16(2)30(17(3)4,18(5)6)28-20-13-11-19(12-14-20)21(15-22(25)27-10)24-29(26)23(7,8)9/h11-14,16-18,21,24H,15H2,1-10H3/t21-,29?/m1/s1. The summed E-state index contributed by atoms with van der Waals surface area (Å²) in [7, 11) is -1.98. The monoisotopic (exact) mass is 455 g/mol. The number of ether oxygens (including phenoxy) is 1. The van der Waals surface area contributed by atoms with Gasteiger partial charge in [0, 0.05) is 0 Å². The van der Waals surface area contributed by atoms with E-state index in [4.69, 9.17) is 9.16 Å². The van der Waals surface area contributed by atoms with Gasteiger partial charge < -0.3 is 9.16 Å². The second kappa shape index (κ2) is 10.9. The van der Waals surface area contributed by atoms with Crippen molar-refractivity contribution in [1.29, 1.82) is 0 Å². The molecule has 0 radical (unpaired) electrons. The molecule has 0 saturated heterocycles. The van der Waals surface area contributed by atoms with E-state index in [1.54, 1.807) is 0 Å². The lowest BCUT2D eigenvalue weighted by molar-refractivity contribution is -0.141. The van der Waals surface area contributed by atoms with Gasteiger partial charge in [0.05, 0.1) is 35.3 Å². The normalized spacial score (nSPS) is 14.8. The number of hydrogen-bond donors (Lipinski definition) is 1. The lowest BCUT2D eigenvalue weighted by Crippen LogP contribution is -2.50. The number of carbonyl (C=O) groups excluding carboxylic acids is 1. The first kappa shape index (κ1) is 26.9. The van der Waals surface area contributed by atoms with E-state index in [0.717, 1.165) is 11.3 Å². The smallest absolute Gasteiger partial charge is 0.307 e. The highest BCUT2D eigenvalue weighted by molar-refractivity contribution is 7.84. The summed E-state index contributed by atoms with van der Waals surface area (Å²) in [6, 6.07) is 7.45.